The first-order valence-electron chi connectivity index (χ1n) is 12.8. The van der Waals surface area contributed by atoms with Crippen LogP contribution < -0.4 is 20.7 Å². The number of nitrogens with one attached hydrogen (secondary N) is 3. The summed E-state index contributed by atoms with van der Waals surface area (Å²) >= 11 is 0. The van der Waals surface area contributed by atoms with Gasteiger partial charge in [-0.25, -0.2) is 0 Å². The smallest absolute Gasteiger partial charge is 0.257 e. The fraction of sp³-hybridized carbons (Fsp3) is 0.577. The van der Waals surface area contributed by atoms with Crippen LogP contribution in [0.4, 0.5) is 0 Å². The van der Waals surface area contributed by atoms with Crippen LogP contribution in [-0.2, 0) is 30.5 Å². The van der Waals surface area contributed by atoms with Crippen molar-refractivity contribution in [2.45, 2.75) is 64.0 Å². The maximum absolute atomic E-state index is 12.9. The number of imide groups is 1. The van der Waals surface area contributed by atoms with Crippen molar-refractivity contribution in [1.29, 1.82) is 0 Å². The van der Waals surface area contributed by atoms with Crippen LogP contribution in [-0.4, -0.2) is 73.9 Å². The average molecular weight is 517 g/mol. The maximum atomic E-state index is 12.9. The number of fused-ring (bicyclic) bond motifs is 1. The summed E-state index contributed by atoms with van der Waals surface area (Å²) in [5.74, 6) is -0.978. The van der Waals surface area contributed by atoms with Crippen molar-refractivity contribution in [3.05, 3.63) is 29.3 Å². The first-order valence-corrected chi connectivity index (χ1v) is 12.8. The largest absolute Gasteiger partial charge is 0.483 e. The molecule has 1 saturated heterocycles. The molecule has 3 rings (SSSR count). The zero-order valence-corrected chi connectivity index (χ0v) is 21.3. The van der Waals surface area contributed by atoms with E-state index in [1.807, 2.05) is 0 Å². The molecule has 0 saturated carbocycles. The Kier molecular flexibility index (Phi) is 10.9. The normalized spacial score (nSPS) is 16.8. The number of hydrogen-bond donors (Lipinski definition) is 3. The van der Waals surface area contributed by atoms with E-state index in [0.29, 0.717) is 30.0 Å². The highest BCUT2D eigenvalue weighted by atomic mass is 16.5. The van der Waals surface area contributed by atoms with Gasteiger partial charge in [-0.15, -0.1) is 0 Å². The molecule has 202 valence electrons. The molecule has 1 aromatic carbocycles. The Morgan fingerprint density at radius 2 is 1.62 bits per heavy atom. The van der Waals surface area contributed by atoms with Gasteiger partial charge in [-0.3, -0.25) is 29.3 Å². The zero-order valence-electron chi connectivity index (χ0n) is 21.3. The van der Waals surface area contributed by atoms with Gasteiger partial charge >= 0.3 is 0 Å². The molecule has 11 nitrogen and oxygen atoms in total. The minimum Gasteiger partial charge on any atom is -0.483 e. The van der Waals surface area contributed by atoms with Crippen LogP contribution in [0.2, 0.25) is 0 Å². The lowest BCUT2D eigenvalue weighted by atomic mass is 10.0. The van der Waals surface area contributed by atoms with Gasteiger partial charge in [-0.2, -0.15) is 0 Å². The van der Waals surface area contributed by atoms with Crippen LogP contribution in [0, 0.1) is 0 Å². The summed E-state index contributed by atoms with van der Waals surface area (Å²) < 4.78 is 10.5. The van der Waals surface area contributed by atoms with E-state index in [1.54, 1.807) is 18.2 Å². The van der Waals surface area contributed by atoms with E-state index in [0.717, 1.165) is 38.5 Å². The third kappa shape index (κ3) is 8.28. The lowest BCUT2D eigenvalue weighted by Gasteiger charge is -2.29. The Morgan fingerprint density at radius 1 is 0.973 bits per heavy atom. The SMILES string of the molecule is COCC(=O)NCCCCCCCCNC(=O)COc1cccc2c1CN(C1CCC(=O)NC1=O)C2=O. The van der Waals surface area contributed by atoms with E-state index >= 15 is 0 Å². The Hall–Kier alpha value is -3.47. The van der Waals surface area contributed by atoms with Gasteiger partial charge in [0.05, 0.1) is 6.54 Å². The van der Waals surface area contributed by atoms with Crippen molar-refractivity contribution in [3.8, 4) is 5.75 Å². The summed E-state index contributed by atoms with van der Waals surface area (Å²) in [6.07, 6.45) is 6.46. The first-order chi connectivity index (χ1) is 17.9. The second kappa shape index (κ2) is 14.3. The van der Waals surface area contributed by atoms with Crippen LogP contribution in [0.15, 0.2) is 18.2 Å². The van der Waals surface area contributed by atoms with Gasteiger partial charge in [-0.05, 0) is 31.4 Å². The van der Waals surface area contributed by atoms with Gasteiger partial charge in [0.15, 0.2) is 6.61 Å². The van der Waals surface area contributed by atoms with Crippen molar-refractivity contribution in [2.75, 3.05) is 33.4 Å². The van der Waals surface area contributed by atoms with Gasteiger partial charge in [0.1, 0.15) is 18.4 Å². The van der Waals surface area contributed by atoms with Gasteiger partial charge in [0.2, 0.25) is 17.7 Å². The van der Waals surface area contributed by atoms with E-state index in [4.69, 9.17) is 9.47 Å². The highest BCUT2D eigenvalue weighted by Gasteiger charge is 2.40. The average Bonchev–Trinajstić information content (AvgIpc) is 3.20. The summed E-state index contributed by atoms with van der Waals surface area (Å²) in [5.41, 5.74) is 1.09. The van der Waals surface area contributed by atoms with E-state index < -0.39 is 11.9 Å². The van der Waals surface area contributed by atoms with Crippen LogP contribution in [0.1, 0.15) is 67.3 Å². The molecule has 3 N–H and O–H groups in total. The summed E-state index contributed by atoms with van der Waals surface area (Å²) in [4.78, 5) is 61.5. The van der Waals surface area contributed by atoms with Gasteiger partial charge in [0, 0.05) is 37.7 Å². The van der Waals surface area contributed by atoms with Crippen molar-refractivity contribution in [1.82, 2.24) is 20.9 Å². The van der Waals surface area contributed by atoms with Crippen molar-refractivity contribution < 1.29 is 33.4 Å². The Balaban J connectivity index is 1.31. The van der Waals surface area contributed by atoms with E-state index in [1.165, 1.54) is 12.0 Å². The molecule has 0 radical (unpaired) electrons. The predicted octanol–water partition coefficient (Wildman–Crippen LogP) is 1.05. The summed E-state index contributed by atoms with van der Waals surface area (Å²) in [5, 5.41) is 7.93. The highest BCUT2D eigenvalue weighted by Crippen LogP contribution is 2.33. The van der Waals surface area contributed by atoms with Crippen LogP contribution in [0.5, 0.6) is 5.75 Å². The standard InChI is InChI=1S/C26H36N4O7/c1-36-16-23(32)27-13-6-4-2-3-5-7-14-28-24(33)17-37-21-10-8-9-18-19(21)15-30(26(18)35)20-11-12-22(31)29-25(20)34/h8-10,20H,2-7,11-17H2,1H3,(H,27,32)(H,28,33)(H,29,31,34). The molecule has 2 aliphatic rings. The molecule has 1 fully saturated rings. The number of methoxy groups -OCH3 is 1. The number of carbonyl (C=O) groups excluding carboxylic acids is 5. The summed E-state index contributed by atoms with van der Waals surface area (Å²) in [6, 6.07) is 4.37. The van der Waals surface area contributed by atoms with Crippen LogP contribution >= 0.6 is 0 Å². The third-order valence-corrected chi connectivity index (χ3v) is 6.42. The quantitative estimate of drug-likeness (QED) is 0.234. The van der Waals surface area contributed by atoms with Gasteiger partial charge < -0.3 is 25.0 Å². The monoisotopic (exact) mass is 516 g/mol. The molecule has 1 unspecified atom stereocenters. The molecule has 5 amide bonds. The van der Waals surface area contributed by atoms with E-state index in [-0.39, 0.29) is 56.2 Å². The number of benzene rings is 1. The zero-order chi connectivity index (χ0) is 26.6. The number of unbranched alkanes of at least 4 members (excludes halogenated alkanes) is 5. The number of piperidine rings is 1. The number of hydrogen-bond acceptors (Lipinski definition) is 7. The number of amides is 5. The van der Waals surface area contributed by atoms with Crippen LogP contribution in [0.3, 0.4) is 0 Å². The molecule has 1 atom stereocenters. The summed E-state index contributed by atoms with van der Waals surface area (Å²) in [7, 11) is 1.49. The van der Waals surface area contributed by atoms with E-state index in [9.17, 15) is 24.0 Å². The second-order valence-corrected chi connectivity index (χ2v) is 9.23. The van der Waals surface area contributed by atoms with Gasteiger partial charge in [0.25, 0.3) is 11.8 Å². The third-order valence-electron chi connectivity index (χ3n) is 6.42. The molecule has 37 heavy (non-hydrogen) atoms. The Morgan fingerprint density at radius 3 is 2.27 bits per heavy atom. The molecule has 0 bridgehead atoms. The van der Waals surface area contributed by atoms with E-state index in [2.05, 4.69) is 16.0 Å². The Bertz CT molecular complexity index is 997. The molecular weight excluding hydrogens is 480 g/mol. The number of nitrogens with zero attached hydrogens (tertiary/aromatic N) is 1. The highest BCUT2D eigenvalue weighted by molar-refractivity contribution is 6.05. The molecular formula is C26H36N4O7. The lowest BCUT2D eigenvalue weighted by molar-refractivity contribution is -0.137. The molecule has 2 heterocycles. The number of rotatable bonds is 15. The fourth-order valence-electron chi connectivity index (χ4n) is 4.48. The Labute approximate surface area is 216 Å². The topological polar surface area (TPSA) is 143 Å². The van der Waals surface area contributed by atoms with Gasteiger partial charge in [-0.1, -0.05) is 31.7 Å². The summed E-state index contributed by atoms with van der Waals surface area (Å²) in [6.45, 7) is 1.33. The number of ether oxygens (including phenoxy) is 2. The lowest BCUT2D eigenvalue weighted by Crippen LogP contribution is -2.52. The number of carbonyl (C=O) groups is 5. The first kappa shape index (κ1) is 28.1. The van der Waals surface area contributed by atoms with Crippen molar-refractivity contribution in [2.24, 2.45) is 0 Å². The fourth-order valence-corrected chi connectivity index (χ4v) is 4.48. The van der Waals surface area contributed by atoms with Crippen molar-refractivity contribution >= 4 is 29.5 Å². The molecule has 0 aliphatic carbocycles. The molecule has 11 heteroatoms. The molecule has 0 spiro atoms. The van der Waals surface area contributed by atoms with Crippen LogP contribution in [0.25, 0.3) is 0 Å². The predicted molar refractivity (Wildman–Crippen MR) is 134 cm³/mol. The second-order valence-electron chi connectivity index (χ2n) is 9.23. The molecule has 2 aliphatic heterocycles. The molecule has 1 aromatic rings. The minimum absolute atomic E-state index is 0.0904. The van der Waals surface area contributed by atoms with Crippen molar-refractivity contribution in [3.63, 3.8) is 0 Å². The molecule has 0 aromatic heterocycles. The maximum Gasteiger partial charge on any atom is 0.257 e. The minimum atomic E-state index is -0.699.